The molecule has 3 rings (SSSR count). The summed E-state index contributed by atoms with van der Waals surface area (Å²) < 4.78 is 84.7. The second-order valence-corrected chi connectivity index (χ2v) is 7.14. The van der Waals surface area contributed by atoms with E-state index in [4.69, 9.17) is 4.74 Å². The van der Waals surface area contributed by atoms with Crippen LogP contribution in [0.3, 0.4) is 0 Å². The molecule has 1 saturated heterocycles. The van der Waals surface area contributed by atoms with Gasteiger partial charge in [0.15, 0.2) is 0 Å². The molecular formula is C21H21F6NO. The molecule has 0 saturated carbocycles. The van der Waals surface area contributed by atoms with Gasteiger partial charge in [-0.05, 0) is 55.6 Å². The molecule has 158 valence electrons. The van der Waals surface area contributed by atoms with Crippen molar-refractivity contribution in [1.82, 2.24) is 5.32 Å². The first-order chi connectivity index (χ1) is 13.6. The molecule has 1 fully saturated rings. The number of rotatable bonds is 4. The Labute approximate surface area is 164 Å². The molecule has 8 heteroatoms. The highest BCUT2D eigenvalue weighted by Crippen LogP contribution is 2.39. The van der Waals surface area contributed by atoms with Crippen LogP contribution in [-0.4, -0.2) is 12.6 Å². The van der Waals surface area contributed by atoms with Crippen LogP contribution in [0.2, 0.25) is 0 Å². The zero-order chi connectivity index (χ0) is 21.2. The quantitative estimate of drug-likeness (QED) is 0.590. The van der Waals surface area contributed by atoms with E-state index < -0.39 is 29.6 Å². The molecule has 1 heterocycles. The van der Waals surface area contributed by atoms with Crippen molar-refractivity contribution in [3.8, 4) is 0 Å². The fraction of sp³-hybridized carbons (Fsp3) is 0.429. The van der Waals surface area contributed by atoms with Crippen LogP contribution in [0.1, 0.15) is 54.2 Å². The summed E-state index contributed by atoms with van der Waals surface area (Å²) in [7, 11) is 0. The molecule has 1 aliphatic heterocycles. The monoisotopic (exact) mass is 417 g/mol. The molecule has 0 aromatic heterocycles. The van der Waals surface area contributed by atoms with Gasteiger partial charge in [-0.3, -0.25) is 0 Å². The van der Waals surface area contributed by atoms with Gasteiger partial charge in [0, 0.05) is 0 Å². The first kappa shape index (κ1) is 21.6. The lowest BCUT2D eigenvalue weighted by molar-refractivity contribution is -0.143. The van der Waals surface area contributed by atoms with E-state index in [1.165, 1.54) is 6.92 Å². The smallest absolute Gasteiger partial charge is 0.369 e. The number of benzene rings is 2. The van der Waals surface area contributed by atoms with Crippen LogP contribution < -0.4 is 5.32 Å². The van der Waals surface area contributed by atoms with E-state index in [0.717, 1.165) is 30.7 Å². The fourth-order valence-electron chi connectivity index (χ4n) is 3.55. The summed E-state index contributed by atoms with van der Waals surface area (Å²) >= 11 is 0. The highest BCUT2D eigenvalue weighted by Gasteiger charge is 2.38. The van der Waals surface area contributed by atoms with Crippen LogP contribution in [0, 0.1) is 0 Å². The molecule has 2 aromatic rings. The minimum Gasteiger partial charge on any atom is -0.369 e. The molecule has 0 spiro atoms. The summed E-state index contributed by atoms with van der Waals surface area (Å²) in [5, 5.41) is 3.33. The summed E-state index contributed by atoms with van der Waals surface area (Å²) in [5.74, 6) is 0. The first-order valence-corrected chi connectivity index (χ1v) is 9.29. The van der Waals surface area contributed by atoms with Crippen molar-refractivity contribution < 1.29 is 31.1 Å². The van der Waals surface area contributed by atoms with E-state index in [0.29, 0.717) is 6.42 Å². The highest BCUT2D eigenvalue weighted by atomic mass is 19.4. The van der Waals surface area contributed by atoms with Crippen LogP contribution in [0.25, 0.3) is 0 Å². The molecule has 0 aliphatic carbocycles. The Bertz CT molecular complexity index is 786. The third kappa shape index (κ3) is 5.30. The minimum atomic E-state index is -4.88. The summed E-state index contributed by atoms with van der Waals surface area (Å²) in [6.07, 6.45) is -9.61. The van der Waals surface area contributed by atoms with Crippen molar-refractivity contribution >= 4 is 0 Å². The van der Waals surface area contributed by atoms with E-state index in [2.05, 4.69) is 5.32 Å². The maximum atomic E-state index is 13.1. The molecule has 0 unspecified atom stereocenters. The number of nitrogens with one attached hydrogen (secondary N) is 1. The van der Waals surface area contributed by atoms with Gasteiger partial charge in [0.25, 0.3) is 0 Å². The molecule has 3 atom stereocenters. The molecule has 2 nitrogen and oxygen atoms in total. The van der Waals surface area contributed by atoms with Gasteiger partial charge in [-0.15, -0.1) is 0 Å². The van der Waals surface area contributed by atoms with Crippen molar-refractivity contribution in [3.63, 3.8) is 0 Å². The Morgan fingerprint density at radius 1 is 0.931 bits per heavy atom. The van der Waals surface area contributed by atoms with E-state index in [9.17, 15) is 26.3 Å². The number of hydrogen-bond donors (Lipinski definition) is 1. The average Bonchev–Trinajstić information content (AvgIpc) is 2.67. The summed E-state index contributed by atoms with van der Waals surface area (Å²) in [6.45, 7) is 2.24. The van der Waals surface area contributed by atoms with E-state index in [1.807, 2.05) is 30.3 Å². The fourth-order valence-corrected chi connectivity index (χ4v) is 3.55. The van der Waals surface area contributed by atoms with Crippen LogP contribution in [0.15, 0.2) is 48.5 Å². The van der Waals surface area contributed by atoms with Crippen molar-refractivity contribution in [2.45, 2.75) is 50.4 Å². The molecule has 0 bridgehead atoms. The Hall–Kier alpha value is -2.06. The van der Waals surface area contributed by atoms with Crippen molar-refractivity contribution in [2.24, 2.45) is 0 Å². The normalized spacial score (nSPS) is 21.8. The molecule has 2 aromatic carbocycles. The molecule has 0 radical (unpaired) electrons. The molecule has 1 N–H and O–H groups in total. The maximum absolute atomic E-state index is 13.1. The number of piperidine rings is 1. The van der Waals surface area contributed by atoms with Gasteiger partial charge in [0.05, 0.1) is 29.4 Å². The second-order valence-electron chi connectivity index (χ2n) is 7.14. The van der Waals surface area contributed by atoms with Gasteiger partial charge in [-0.25, -0.2) is 0 Å². The summed E-state index contributed by atoms with van der Waals surface area (Å²) in [6, 6.07) is 10.8. The van der Waals surface area contributed by atoms with Crippen molar-refractivity contribution in [1.29, 1.82) is 0 Å². The number of halogens is 6. The lowest BCUT2D eigenvalue weighted by Gasteiger charge is -2.35. The van der Waals surface area contributed by atoms with Gasteiger partial charge < -0.3 is 10.1 Å². The lowest BCUT2D eigenvalue weighted by Crippen LogP contribution is -2.39. The average molecular weight is 417 g/mol. The Balaban J connectivity index is 1.88. The summed E-state index contributed by atoms with van der Waals surface area (Å²) in [5.41, 5.74) is -1.85. The largest absolute Gasteiger partial charge is 0.416 e. The number of ether oxygens (including phenoxy) is 1. The topological polar surface area (TPSA) is 21.3 Å². The first-order valence-electron chi connectivity index (χ1n) is 9.29. The van der Waals surface area contributed by atoms with Gasteiger partial charge in [-0.1, -0.05) is 30.3 Å². The zero-order valence-corrected chi connectivity index (χ0v) is 15.6. The van der Waals surface area contributed by atoms with Crippen molar-refractivity contribution in [2.75, 3.05) is 6.54 Å². The molecular weight excluding hydrogens is 396 g/mol. The van der Waals surface area contributed by atoms with Crippen molar-refractivity contribution in [3.05, 3.63) is 70.8 Å². The van der Waals surface area contributed by atoms with Gasteiger partial charge in [0.1, 0.15) is 0 Å². The SMILES string of the molecule is C[C@@H](O[C@H]1CCCN[C@H]1c1ccccc1)c1cc(C(F)(F)F)cc(C(F)(F)F)c1. The third-order valence-corrected chi connectivity index (χ3v) is 5.02. The Morgan fingerprint density at radius 2 is 1.52 bits per heavy atom. The highest BCUT2D eigenvalue weighted by molar-refractivity contribution is 5.34. The van der Waals surface area contributed by atoms with Gasteiger partial charge in [-0.2, -0.15) is 26.3 Å². The minimum absolute atomic E-state index is 0.130. The van der Waals surface area contributed by atoms with Crippen LogP contribution in [0.5, 0.6) is 0 Å². The Morgan fingerprint density at radius 3 is 2.07 bits per heavy atom. The maximum Gasteiger partial charge on any atom is 0.416 e. The number of alkyl halides is 6. The lowest BCUT2D eigenvalue weighted by atomic mass is 9.94. The van der Waals surface area contributed by atoms with E-state index in [-0.39, 0.29) is 23.8 Å². The predicted octanol–water partition coefficient (Wildman–Crippen LogP) is 6.30. The molecule has 0 amide bonds. The third-order valence-electron chi connectivity index (χ3n) is 5.02. The predicted molar refractivity (Wildman–Crippen MR) is 96.2 cm³/mol. The standard InChI is InChI=1S/C21H21F6NO/c1-13(15-10-16(20(22,23)24)12-17(11-15)21(25,26)27)29-18-8-5-9-28-19(18)14-6-3-2-4-7-14/h2-4,6-7,10-13,18-19,28H,5,8-9H2,1H3/t13-,18+,19+/m1/s1. The van der Waals surface area contributed by atoms with E-state index in [1.54, 1.807) is 0 Å². The second kappa shape index (κ2) is 8.36. The zero-order valence-electron chi connectivity index (χ0n) is 15.6. The van der Waals surface area contributed by atoms with Gasteiger partial charge in [0.2, 0.25) is 0 Å². The molecule has 1 aliphatic rings. The van der Waals surface area contributed by atoms with Crippen LogP contribution in [-0.2, 0) is 17.1 Å². The van der Waals surface area contributed by atoms with Gasteiger partial charge >= 0.3 is 12.4 Å². The van der Waals surface area contributed by atoms with Crippen LogP contribution in [0.4, 0.5) is 26.3 Å². The number of hydrogen-bond acceptors (Lipinski definition) is 2. The van der Waals surface area contributed by atoms with E-state index >= 15 is 0 Å². The molecule has 29 heavy (non-hydrogen) atoms. The summed E-state index contributed by atoms with van der Waals surface area (Å²) in [4.78, 5) is 0. The Kier molecular flexibility index (Phi) is 6.24. The van der Waals surface area contributed by atoms with Crippen LogP contribution >= 0.6 is 0 Å².